The molecular weight excluding hydrogens is 412 g/mol. The topological polar surface area (TPSA) is 127 Å². The van der Waals surface area contributed by atoms with E-state index in [9.17, 15) is 28.6 Å². The summed E-state index contributed by atoms with van der Waals surface area (Å²) in [6.45, 7) is 0.642. The van der Waals surface area contributed by atoms with Gasteiger partial charge in [0.15, 0.2) is 0 Å². The Bertz CT molecular complexity index is 1040. The Balaban J connectivity index is 1.81. The van der Waals surface area contributed by atoms with Crippen molar-refractivity contribution in [3.63, 3.8) is 0 Å². The molecule has 0 aromatic heterocycles. The van der Waals surface area contributed by atoms with E-state index in [4.69, 9.17) is 11.6 Å². The molecule has 0 amide bonds. The van der Waals surface area contributed by atoms with Crippen molar-refractivity contribution in [2.75, 3.05) is 31.1 Å². The molecule has 2 aromatic carbocycles. The van der Waals surface area contributed by atoms with Crippen LogP contribution in [0, 0.1) is 20.2 Å². The monoisotopic (exact) mass is 426 g/mol. The second kappa shape index (κ2) is 7.70. The summed E-state index contributed by atoms with van der Waals surface area (Å²) in [6, 6.07) is 9.36. The number of hydrogen-bond acceptors (Lipinski definition) is 7. The van der Waals surface area contributed by atoms with Crippen LogP contribution in [-0.4, -0.2) is 48.7 Å². The highest BCUT2D eigenvalue weighted by Crippen LogP contribution is 2.33. The van der Waals surface area contributed by atoms with Gasteiger partial charge in [-0.1, -0.05) is 17.7 Å². The fraction of sp³-hybridized carbons (Fsp3) is 0.250. The molecule has 0 aliphatic carbocycles. The molecule has 1 fully saturated rings. The molecule has 0 saturated carbocycles. The fourth-order valence-electron chi connectivity index (χ4n) is 2.98. The Morgan fingerprint density at radius 3 is 2.18 bits per heavy atom. The number of rotatable bonds is 5. The van der Waals surface area contributed by atoms with Crippen LogP contribution in [0.3, 0.4) is 0 Å². The Kier molecular flexibility index (Phi) is 5.49. The molecule has 1 aliphatic heterocycles. The van der Waals surface area contributed by atoms with Crippen molar-refractivity contribution < 1.29 is 18.3 Å². The summed E-state index contributed by atoms with van der Waals surface area (Å²) in [5, 5.41) is 22.5. The van der Waals surface area contributed by atoms with Crippen LogP contribution in [-0.2, 0) is 10.0 Å². The summed E-state index contributed by atoms with van der Waals surface area (Å²) < 4.78 is 26.8. The van der Waals surface area contributed by atoms with Crippen LogP contribution in [0.25, 0.3) is 0 Å². The number of anilines is 1. The van der Waals surface area contributed by atoms with Crippen LogP contribution < -0.4 is 4.90 Å². The van der Waals surface area contributed by atoms with Gasteiger partial charge < -0.3 is 4.90 Å². The third-order valence-corrected chi connectivity index (χ3v) is 6.51. The minimum atomic E-state index is -3.74. The Hall–Kier alpha value is -2.76. The van der Waals surface area contributed by atoms with Crippen molar-refractivity contribution in [3.05, 3.63) is 67.7 Å². The van der Waals surface area contributed by atoms with Crippen LogP contribution in [0.1, 0.15) is 0 Å². The van der Waals surface area contributed by atoms with Crippen LogP contribution in [0.5, 0.6) is 0 Å². The van der Waals surface area contributed by atoms with Crippen LogP contribution in [0.15, 0.2) is 47.4 Å². The highest BCUT2D eigenvalue weighted by atomic mass is 35.5. The Morgan fingerprint density at radius 1 is 0.929 bits per heavy atom. The van der Waals surface area contributed by atoms with Crippen LogP contribution >= 0.6 is 11.6 Å². The number of non-ortho nitro benzene ring substituents is 1. The number of hydrogen-bond donors (Lipinski definition) is 0. The number of nitrogens with zero attached hydrogens (tertiary/aromatic N) is 4. The molecule has 0 radical (unpaired) electrons. The zero-order valence-electron chi connectivity index (χ0n) is 14.4. The number of nitro groups is 2. The highest BCUT2D eigenvalue weighted by molar-refractivity contribution is 7.89. The first-order valence-corrected chi connectivity index (χ1v) is 9.95. The molecule has 148 valence electrons. The van der Waals surface area contributed by atoms with Crippen molar-refractivity contribution in [3.8, 4) is 0 Å². The Morgan fingerprint density at radius 2 is 1.61 bits per heavy atom. The van der Waals surface area contributed by atoms with Crippen molar-refractivity contribution in [1.29, 1.82) is 0 Å². The van der Waals surface area contributed by atoms with Gasteiger partial charge in [0, 0.05) is 37.3 Å². The lowest BCUT2D eigenvalue weighted by Crippen LogP contribution is -2.48. The minimum Gasteiger partial charge on any atom is -0.363 e. The second-order valence-electron chi connectivity index (χ2n) is 6.04. The van der Waals surface area contributed by atoms with Crippen molar-refractivity contribution in [2.24, 2.45) is 0 Å². The van der Waals surface area contributed by atoms with Gasteiger partial charge in [-0.15, -0.1) is 0 Å². The zero-order chi connectivity index (χ0) is 20.5. The van der Waals surface area contributed by atoms with Gasteiger partial charge in [-0.25, -0.2) is 8.42 Å². The van der Waals surface area contributed by atoms with E-state index in [2.05, 4.69) is 0 Å². The Labute approximate surface area is 165 Å². The fourth-order valence-corrected chi connectivity index (χ4v) is 4.71. The number of benzene rings is 2. The lowest BCUT2D eigenvalue weighted by atomic mass is 10.2. The highest BCUT2D eigenvalue weighted by Gasteiger charge is 2.31. The summed E-state index contributed by atoms with van der Waals surface area (Å²) in [5.41, 5.74) is -0.548. The van der Waals surface area contributed by atoms with E-state index in [0.717, 1.165) is 6.07 Å². The minimum absolute atomic E-state index is 0.0785. The maximum atomic E-state index is 12.7. The molecule has 1 aliphatic rings. The quantitative estimate of drug-likeness (QED) is 0.531. The van der Waals surface area contributed by atoms with Crippen LogP contribution in [0.4, 0.5) is 17.1 Å². The number of halogens is 1. The summed E-state index contributed by atoms with van der Waals surface area (Å²) in [4.78, 5) is 22.5. The molecule has 1 saturated heterocycles. The maximum absolute atomic E-state index is 12.7. The first-order chi connectivity index (χ1) is 13.2. The van der Waals surface area contributed by atoms with E-state index in [1.165, 1.54) is 28.6 Å². The van der Waals surface area contributed by atoms with Gasteiger partial charge in [-0.3, -0.25) is 20.2 Å². The molecule has 28 heavy (non-hydrogen) atoms. The molecule has 2 aromatic rings. The van der Waals surface area contributed by atoms with Crippen molar-refractivity contribution in [1.82, 2.24) is 4.31 Å². The summed E-state index contributed by atoms with van der Waals surface area (Å²) in [6.07, 6.45) is 0. The molecular formula is C16H15ClN4O6S. The smallest absolute Gasteiger partial charge is 0.299 e. The molecule has 3 rings (SSSR count). The number of piperazine rings is 1. The van der Waals surface area contributed by atoms with Gasteiger partial charge in [0.05, 0.1) is 20.8 Å². The van der Waals surface area contributed by atoms with Crippen molar-refractivity contribution in [2.45, 2.75) is 4.90 Å². The van der Waals surface area contributed by atoms with Crippen LogP contribution in [0.2, 0.25) is 5.02 Å². The average Bonchev–Trinajstić information content (AvgIpc) is 2.67. The van der Waals surface area contributed by atoms with Gasteiger partial charge in [-0.05, 0) is 24.3 Å². The molecule has 12 heteroatoms. The number of nitro benzene ring substituents is 2. The third kappa shape index (κ3) is 3.91. The largest absolute Gasteiger partial charge is 0.363 e. The molecule has 0 spiro atoms. The second-order valence-corrected chi connectivity index (χ2v) is 8.41. The van der Waals surface area contributed by atoms with E-state index >= 15 is 0 Å². The summed E-state index contributed by atoms with van der Waals surface area (Å²) in [7, 11) is -3.74. The first kappa shape index (κ1) is 20.0. The summed E-state index contributed by atoms with van der Waals surface area (Å²) in [5.74, 6) is 0. The van der Waals surface area contributed by atoms with Gasteiger partial charge in [0.1, 0.15) is 5.69 Å². The van der Waals surface area contributed by atoms with Gasteiger partial charge in [0.25, 0.3) is 11.4 Å². The zero-order valence-corrected chi connectivity index (χ0v) is 16.0. The van der Waals surface area contributed by atoms with Crippen molar-refractivity contribution >= 4 is 38.7 Å². The van der Waals surface area contributed by atoms with Gasteiger partial charge >= 0.3 is 0 Å². The predicted octanol–water partition coefficient (Wildman–Crippen LogP) is 2.67. The van der Waals surface area contributed by atoms with E-state index in [0.29, 0.717) is 5.02 Å². The third-order valence-electron chi connectivity index (χ3n) is 4.38. The lowest BCUT2D eigenvalue weighted by Gasteiger charge is -2.35. The molecule has 0 atom stereocenters. The predicted molar refractivity (Wildman–Crippen MR) is 102 cm³/mol. The van der Waals surface area contributed by atoms with E-state index in [1.54, 1.807) is 17.0 Å². The number of sulfonamides is 1. The summed E-state index contributed by atoms with van der Waals surface area (Å²) >= 11 is 5.87. The lowest BCUT2D eigenvalue weighted by molar-refractivity contribution is -0.393. The first-order valence-electron chi connectivity index (χ1n) is 8.13. The molecule has 1 heterocycles. The standard InChI is InChI=1S/C16H15ClN4O6S/c17-12-2-1-3-14(10-12)28(26,27)19-8-6-18(7-9-19)15-5-4-13(20(22)23)11-16(15)21(24)25/h1-5,10-11H,6-9H2. The average molecular weight is 427 g/mol. The van der Waals surface area contributed by atoms with Gasteiger partial charge in [0.2, 0.25) is 10.0 Å². The van der Waals surface area contributed by atoms with Gasteiger partial charge in [-0.2, -0.15) is 4.31 Å². The maximum Gasteiger partial charge on any atom is 0.299 e. The molecule has 10 nitrogen and oxygen atoms in total. The van der Waals surface area contributed by atoms with E-state index < -0.39 is 19.9 Å². The van der Waals surface area contributed by atoms with E-state index in [1.807, 2.05) is 0 Å². The molecule has 0 N–H and O–H groups in total. The molecule has 0 unspecified atom stereocenters. The molecule has 0 bridgehead atoms. The SMILES string of the molecule is O=[N+]([O-])c1ccc(N2CCN(S(=O)(=O)c3cccc(Cl)c3)CC2)c([N+](=O)[O-])c1. The van der Waals surface area contributed by atoms with E-state index in [-0.39, 0.29) is 48.1 Å². The normalized spacial score (nSPS) is 15.4.